The number of carbonyl (C=O) groups is 2. The monoisotopic (exact) mass is 414 g/mol. The minimum Gasteiger partial charge on any atom is -0.486 e. The van der Waals surface area contributed by atoms with E-state index < -0.39 is 29.1 Å². The van der Waals surface area contributed by atoms with Gasteiger partial charge in [-0.3, -0.25) is 14.9 Å². The average Bonchev–Trinajstić information content (AvgIpc) is 2.76. The van der Waals surface area contributed by atoms with E-state index in [9.17, 15) is 19.7 Å². The summed E-state index contributed by atoms with van der Waals surface area (Å²) in [6.07, 6.45) is 1.57. The van der Waals surface area contributed by atoms with Crippen LogP contribution in [0.5, 0.6) is 11.5 Å². The summed E-state index contributed by atoms with van der Waals surface area (Å²) >= 11 is 0. The molecule has 30 heavy (non-hydrogen) atoms. The number of nitrogens with zero attached hydrogens (tertiary/aromatic N) is 1. The molecular weight excluding hydrogens is 392 g/mol. The third kappa shape index (κ3) is 5.05. The molecular formula is C21H22N2O7. The summed E-state index contributed by atoms with van der Waals surface area (Å²) in [5.41, 5.74) is 0.171. The molecule has 1 N–H and O–H groups in total. The van der Waals surface area contributed by atoms with Crippen molar-refractivity contribution in [1.82, 2.24) is 5.32 Å². The summed E-state index contributed by atoms with van der Waals surface area (Å²) in [6, 6.07) is 11.6. The van der Waals surface area contributed by atoms with Gasteiger partial charge < -0.3 is 19.5 Å². The minimum absolute atomic E-state index is 0.188. The van der Waals surface area contributed by atoms with Crippen molar-refractivity contribution in [2.45, 2.75) is 25.8 Å². The molecule has 2 aromatic rings. The molecule has 2 aromatic carbocycles. The molecule has 0 saturated carbocycles. The molecule has 0 radical (unpaired) electrons. The van der Waals surface area contributed by atoms with Gasteiger partial charge in [-0.05, 0) is 12.0 Å². The van der Waals surface area contributed by atoms with Crippen LogP contribution >= 0.6 is 0 Å². The van der Waals surface area contributed by atoms with Gasteiger partial charge in [-0.2, -0.15) is 0 Å². The lowest BCUT2D eigenvalue weighted by atomic mass is 10.0. The van der Waals surface area contributed by atoms with E-state index in [0.717, 1.165) is 24.5 Å². The number of hydrogen-bond acceptors (Lipinski definition) is 7. The van der Waals surface area contributed by atoms with Gasteiger partial charge in [0.25, 0.3) is 11.6 Å². The van der Waals surface area contributed by atoms with Crippen LogP contribution in [0.2, 0.25) is 0 Å². The first kappa shape index (κ1) is 21.1. The Morgan fingerprint density at radius 3 is 2.47 bits per heavy atom. The zero-order valence-corrected chi connectivity index (χ0v) is 16.5. The van der Waals surface area contributed by atoms with E-state index in [1.807, 2.05) is 37.3 Å². The lowest BCUT2D eigenvalue weighted by molar-refractivity contribution is -0.385. The van der Waals surface area contributed by atoms with Crippen molar-refractivity contribution in [3.63, 3.8) is 0 Å². The van der Waals surface area contributed by atoms with Crippen LogP contribution < -0.4 is 14.8 Å². The maximum Gasteiger partial charge on any atom is 0.345 e. The Balaban J connectivity index is 1.67. The molecule has 9 nitrogen and oxygen atoms in total. The predicted octanol–water partition coefficient (Wildman–Crippen LogP) is 3.18. The summed E-state index contributed by atoms with van der Waals surface area (Å²) in [7, 11) is 0. The molecule has 1 heterocycles. The molecule has 1 aliphatic heterocycles. The molecule has 158 valence electrons. The van der Waals surface area contributed by atoms with E-state index in [-0.39, 0.29) is 36.3 Å². The van der Waals surface area contributed by atoms with Crippen molar-refractivity contribution in [3.05, 3.63) is 63.7 Å². The summed E-state index contributed by atoms with van der Waals surface area (Å²) in [6.45, 7) is 1.97. The topological polar surface area (TPSA) is 117 Å². The number of nitro groups is 1. The van der Waals surface area contributed by atoms with Gasteiger partial charge in [0.05, 0.1) is 17.0 Å². The van der Waals surface area contributed by atoms with Gasteiger partial charge in [0, 0.05) is 6.07 Å². The maximum atomic E-state index is 12.4. The standard InChI is InChI=1S/C21H22N2O7/c1-2-6-16(14-7-4-3-5-8-14)22-20(24)13-30-21(25)15-11-18-19(29-10-9-28-18)12-17(15)23(26)27/h3-5,7-8,11-12,16H,2,6,9-10,13H2,1H3,(H,22,24). The average molecular weight is 414 g/mol. The van der Waals surface area contributed by atoms with Gasteiger partial charge in [-0.1, -0.05) is 43.7 Å². The first-order valence-electron chi connectivity index (χ1n) is 9.59. The zero-order chi connectivity index (χ0) is 21.5. The smallest absolute Gasteiger partial charge is 0.345 e. The first-order chi connectivity index (χ1) is 14.5. The van der Waals surface area contributed by atoms with Crippen LogP contribution in [0, 0.1) is 10.1 Å². The Morgan fingerprint density at radius 1 is 1.17 bits per heavy atom. The number of hydrogen-bond donors (Lipinski definition) is 1. The number of benzene rings is 2. The van der Waals surface area contributed by atoms with Gasteiger partial charge in [-0.15, -0.1) is 0 Å². The van der Waals surface area contributed by atoms with Crippen LogP contribution in [0.3, 0.4) is 0 Å². The number of rotatable bonds is 8. The van der Waals surface area contributed by atoms with Crippen LogP contribution in [-0.2, 0) is 9.53 Å². The van der Waals surface area contributed by atoms with Crippen molar-refractivity contribution in [3.8, 4) is 11.5 Å². The Morgan fingerprint density at radius 2 is 1.83 bits per heavy atom. The highest BCUT2D eigenvalue weighted by Crippen LogP contribution is 2.36. The zero-order valence-electron chi connectivity index (χ0n) is 16.5. The number of nitrogens with one attached hydrogen (secondary N) is 1. The number of nitro benzene ring substituents is 1. The van der Waals surface area contributed by atoms with Crippen molar-refractivity contribution < 1.29 is 28.7 Å². The highest BCUT2D eigenvalue weighted by molar-refractivity contribution is 5.96. The lowest BCUT2D eigenvalue weighted by Crippen LogP contribution is -2.32. The van der Waals surface area contributed by atoms with Crippen LogP contribution in [0.1, 0.15) is 41.7 Å². The van der Waals surface area contributed by atoms with E-state index >= 15 is 0 Å². The second-order valence-corrected chi connectivity index (χ2v) is 6.67. The molecule has 1 atom stereocenters. The van der Waals surface area contributed by atoms with E-state index in [4.69, 9.17) is 14.2 Å². The van der Waals surface area contributed by atoms with E-state index in [1.54, 1.807) is 0 Å². The Labute approximate surface area is 173 Å². The van der Waals surface area contributed by atoms with Gasteiger partial charge in [-0.25, -0.2) is 4.79 Å². The molecule has 9 heteroatoms. The fourth-order valence-electron chi connectivity index (χ4n) is 3.13. The molecule has 0 saturated heterocycles. The van der Waals surface area contributed by atoms with Crippen molar-refractivity contribution in [2.24, 2.45) is 0 Å². The second-order valence-electron chi connectivity index (χ2n) is 6.67. The Kier molecular flexibility index (Phi) is 6.84. The normalized spacial score (nSPS) is 13.2. The number of ether oxygens (including phenoxy) is 3. The van der Waals surface area contributed by atoms with E-state index in [2.05, 4.69) is 5.32 Å². The summed E-state index contributed by atoms with van der Waals surface area (Å²) < 4.78 is 15.7. The second kappa shape index (κ2) is 9.73. The van der Waals surface area contributed by atoms with Crippen LogP contribution in [-0.4, -0.2) is 36.6 Å². The molecule has 0 fully saturated rings. The number of esters is 1. The number of amides is 1. The van der Waals surface area contributed by atoms with Gasteiger partial charge >= 0.3 is 5.97 Å². The third-order valence-electron chi connectivity index (χ3n) is 4.53. The molecule has 0 aliphatic carbocycles. The van der Waals surface area contributed by atoms with Crippen molar-refractivity contribution in [1.29, 1.82) is 0 Å². The molecule has 0 spiro atoms. The van der Waals surface area contributed by atoms with Crippen LogP contribution in [0.25, 0.3) is 0 Å². The molecule has 1 amide bonds. The summed E-state index contributed by atoms with van der Waals surface area (Å²) in [5, 5.41) is 14.2. The van der Waals surface area contributed by atoms with Crippen LogP contribution in [0.4, 0.5) is 5.69 Å². The summed E-state index contributed by atoms with van der Waals surface area (Å²) in [5.74, 6) is -1.07. The fourth-order valence-corrected chi connectivity index (χ4v) is 3.13. The van der Waals surface area contributed by atoms with Gasteiger partial charge in [0.1, 0.15) is 18.8 Å². The number of carbonyl (C=O) groups excluding carboxylic acids is 2. The lowest BCUT2D eigenvalue weighted by Gasteiger charge is -2.19. The molecule has 3 rings (SSSR count). The highest BCUT2D eigenvalue weighted by atomic mass is 16.6. The molecule has 1 aliphatic rings. The maximum absolute atomic E-state index is 12.4. The third-order valence-corrected chi connectivity index (χ3v) is 4.53. The summed E-state index contributed by atoms with van der Waals surface area (Å²) in [4.78, 5) is 35.4. The quantitative estimate of drug-likeness (QED) is 0.400. The van der Waals surface area contributed by atoms with Crippen molar-refractivity contribution in [2.75, 3.05) is 19.8 Å². The van der Waals surface area contributed by atoms with Crippen LogP contribution in [0.15, 0.2) is 42.5 Å². The Hall–Kier alpha value is -3.62. The van der Waals surface area contributed by atoms with Crippen molar-refractivity contribution >= 4 is 17.6 Å². The SMILES string of the molecule is CCCC(NC(=O)COC(=O)c1cc2c(cc1[N+](=O)[O-])OCCO2)c1ccccc1. The molecule has 0 bridgehead atoms. The Bertz CT molecular complexity index is 930. The van der Waals surface area contributed by atoms with E-state index in [0.29, 0.717) is 0 Å². The molecule has 1 unspecified atom stereocenters. The molecule has 0 aromatic heterocycles. The highest BCUT2D eigenvalue weighted by Gasteiger charge is 2.28. The van der Waals surface area contributed by atoms with E-state index in [1.165, 1.54) is 6.07 Å². The van der Waals surface area contributed by atoms with Gasteiger partial charge in [0.15, 0.2) is 18.1 Å². The fraction of sp³-hybridized carbons (Fsp3) is 0.333. The number of fused-ring (bicyclic) bond motifs is 1. The first-order valence-corrected chi connectivity index (χ1v) is 9.59. The van der Waals surface area contributed by atoms with Gasteiger partial charge in [0.2, 0.25) is 0 Å². The largest absolute Gasteiger partial charge is 0.486 e. The minimum atomic E-state index is -0.986. The predicted molar refractivity (Wildman–Crippen MR) is 107 cm³/mol.